The summed E-state index contributed by atoms with van der Waals surface area (Å²) >= 11 is 6.21. The maximum Gasteiger partial charge on any atom is 0.0932 e. The Hall–Kier alpha value is -0.690. The lowest BCUT2D eigenvalue weighted by Crippen LogP contribution is -2.32. The molecule has 1 unspecified atom stereocenters. The van der Waals surface area contributed by atoms with Crippen LogP contribution in [0.25, 0.3) is 0 Å². The van der Waals surface area contributed by atoms with E-state index in [1.165, 1.54) is 42.8 Å². The van der Waals surface area contributed by atoms with E-state index in [1.807, 2.05) is 37.1 Å². The molecule has 1 fully saturated rings. The molecule has 0 aromatic carbocycles. The van der Waals surface area contributed by atoms with Crippen LogP contribution in [-0.4, -0.2) is 54.9 Å². The molecule has 0 amide bonds. The van der Waals surface area contributed by atoms with E-state index in [0.29, 0.717) is 5.92 Å². The highest BCUT2D eigenvalue weighted by molar-refractivity contribution is 8.02. The lowest BCUT2D eigenvalue weighted by Gasteiger charge is -2.26. The molecule has 0 aliphatic carbocycles. The number of hydrogen-bond acceptors (Lipinski definition) is 6. The number of nitrogens with one attached hydrogen (secondary N) is 1. The molecular weight excluding hydrogens is 336 g/mol. The topological polar surface area (TPSA) is 31.4 Å². The molecule has 1 aliphatic heterocycles. The standard InChI is InChI=1S/C18H30N4S2/c1-19-21(2)13-17(24-3)14-22-9-5-4-6-16(12-22)10-15-7-8-20-18(23)11-15/h7-8,11,13,16,19H,4-6,9-10,12,14H2,1-3H3,(H,20,23)/b17-13-. The van der Waals surface area contributed by atoms with Crippen molar-refractivity contribution in [3.63, 3.8) is 0 Å². The fourth-order valence-electron chi connectivity index (χ4n) is 3.21. The van der Waals surface area contributed by atoms with Gasteiger partial charge in [-0.2, -0.15) is 0 Å². The second kappa shape index (κ2) is 10.3. The van der Waals surface area contributed by atoms with Crippen LogP contribution in [0.4, 0.5) is 0 Å². The van der Waals surface area contributed by atoms with E-state index in [-0.39, 0.29) is 0 Å². The normalized spacial score (nSPS) is 20.0. The van der Waals surface area contributed by atoms with Crippen LogP contribution in [0.5, 0.6) is 0 Å². The van der Waals surface area contributed by atoms with Crippen LogP contribution in [0.15, 0.2) is 34.5 Å². The molecule has 1 saturated heterocycles. The minimum atomic E-state index is 0.716. The molecule has 2 rings (SSSR count). The molecule has 1 N–H and O–H groups in total. The average Bonchev–Trinajstić information content (AvgIpc) is 2.79. The summed E-state index contributed by atoms with van der Waals surface area (Å²) in [6.45, 7) is 3.41. The van der Waals surface area contributed by atoms with Crippen LogP contribution in [0, 0.1) is 5.92 Å². The highest BCUT2D eigenvalue weighted by atomic mass is 32.2. The third-order valence-electron chi connectivity index (χ3n) is 4.52. The highest BCUT2D eigenvalue weighted by Crippen LogP contribution is 2.23. The first kappa shape index (κ1) is 19.6. The van der Waals surface area contributed by atoms with Crippen LogP contribution >= 0.6 is 24.4 Å². The summed E-state index contributed by atoms with van der Waals surface area (Å²) in [5.74, 6) is 0.716. The van der Waals surface area contributed by atoms with Crippen LogP contribution in [0.3, 0.4) is 0 Å². The van der Waals surface area contributed by atoms with Crippen molar-refractivity contribution in [1.29, 1.82) is 0 Å². The molecule has 0 spiro atoms. The number of thioether (sulfide) groups is 1. The predicted molar refractivity (Wildman–Crippen MR) is 107 cm³/mol. The Labute approximate surface area is 156 Å². The zero-order chi connectivity index (χ0) is 17.4. The summed E-state index contributed by atoms with van der Waals surface area (Å²) in [7, 11) is 3.99. The number of pyridine rings is 1. The molecular formula is C18H30N4S2. The number of thiol groups is 1. The van der Waals surface area contributed by atoms with Crippen molar-refractivity contribution >= 4 is 24.4 Å². The smallest absolute Gasteiger partial charge is 0.0932 e. The quantitative estimate of drug-likeness (QED) is 0.571. The summed E-state index contributed by atoms with van der Waals surface area (Å²) in [5, 5.41) is 2.84. The molecule has 0 radical (unpaired) electrons. The zero-order valence-corrected chi connectivity index (χ0v) is 16.7. The Kier molecular flexibility index (Phi) is 8.45. The minimum absolute atomic E-state index is 0.716. The molecule has 0 saturated carbocycles. The van der Waals surface area contributed by atoms with Crippen molar-refractivity contribution in [2.24, 2.45) is 5.92 Å². The molecule has 134 valence electrons. The van der Waals surface area contributed by atoms with Gasteiger partial charge in [0.05, 0.1) is 5.03 Å². The number of rotatable bonds is 7. The minimum Gasteiger partial charge on any atom is -0.318 e. The van der Waals surface area contributed by atoms with Crippen molar-refractivity contribution in [1.82, 2.24) is 20.3 Å². The Bertz CT molecular complexity index is 536. The van der Waals surface area contributed by atoms with E-state index >= 15 is 0 Å². The molecule has 4 nitrogen and oxygen atoms in total. The number of aromatic nitrogens is 1. The fourth-order valence-corrected chi connectivity index (χ4v) is 4.01. The van der Waals surface area contributed by atoms with Crippen molar-refractivity contribution in [2.75, 3.05) is 40.0 Å². The first-order chi connectivity index (χ1) is 11.6. The van der Waals surface area contributed by atoms with Gasteiger partial charge in [-0.15, -0.1) is 24.4 Å². The van der Waals surface area contributed by atoms with E-state index in [1.54, 1.807) is 0 Å². The van der Waals surface area contributed by atoms with Gasteiger partial charge in [-0.3, -0.25) is 9.88 Å². The predicted octanol–water partition coefficient (Wildman–Crippen LogP) is 3.29. The summed E-state index contributed by atoms with van der Waals surface area (Å²) in [5.41, 5.74) is 4.50. The van der Waals surface area contributed by atoms with E-state index in [0.717, 1.165) is 18.0 Å². The van der Waals surface area contributed by atoms with Gasteiger partial charge in [0.15, 0.2) is 0 Å². The van der Waals surface area contributed by atoms with Crippen molar-refractivity contribution in [2.45, 2.75) is 30.7 Å². The molecule has 1 aliphatic rings. The summed E-state index contributed by atoms with van der Waals surface area (Å²) in [6.07, 6.45) is 11.3. The third-order valence-corrected chi connectivity index (χ3v) is 5.52. The van der Waals surface area contributed by atoms with Crippen LogP contribution in [-0.2, 0) is 6.42 Å². The SMILES string of the molecule is CNN(C)/C=C(/CN1CCCCC(Cc2ccnc(S)c2)C1)SC. The maximum absolute atomic E-state index is 4.37. The van der Waals surface area contributed by atoms with E-state index in [4.69, 9.17) is 0 Å². The van der Waals surface area contributed by atoms with Gasteiger partial charge in [-0.25, -0.2) is 5.43 Å². The first-order valence-corrected chi connectivity index (χ1v) is 10.3. The molecule has 24 heavy (non-hydrogen) atoms. The second-order valence-electron chi connectivity index (χ2n) is 6.46. The van der Waals surface area contributed by atoms with E-state index < -0.39 is 0 Å². The lowest BCUT2D eigenvalue weighted by atomic mass is 9.95. The van der Waals surface area contributed by atoms with Gasteiger partial charge in [0.25, 0.3) is 0 Å². The number of likely N-dealkylation sites (tertiary alicyclic amines) is 1. The van der Waals surface area contributed by atoms with Crippen LogP contribution < -0.4 is 5.43 Å². The zero-order valence-electron chi connectivity index (χ0n) is 15.0. The summed E-state index contributed by atoms with van der Waals surface area (Å²) in [6, 6.07) is 4.23. The molecule has 2 heterocycles. The monoisotopic (exact) mass is 366 g/mol. The van der Waals surface area contributed by atoms with Crippen molar-refractivity contribution in [3.8, 4) is 0 Å². The Morgan fingerprint density at radius 3 is 3.08 bits per heavy atom. The van der Waals surface area contributed by atoms with Gasteiger partial charge in [0, 0.05) is 44.5 Å². The van der Waals surface area contributed by atoms with Crippen LogP contribution in [0.2, 0.25) is 0 Å². The van der Waals surface area contributed by atoms with Crippen molar-refractivity contribution < 1.29 is 0 Å². The number of nitrogens with zero attached hydrogens (tertiary/aromatic N) is 3. The maximum atomic E-state index is 4.37. The summed E-state index contributed by atoms with van der Waals surface area (Å²) in [4.78, 5) is 8.20. The number of hydrogen-bond donors (Lipinski definition) is 2. The lowest BCUT2D eigenvalue weighted by molar-refractivity contribution is 0.268. The molecule has 1 atom stereocenters. The van der Waals surface area contributed by atoms with E-state index in [2.05, 4.69) is 52.5 Å². The van der Waals surface area contributed by atoms with Crippen molar-refractivity contribution in [3.05, 3.63) is 35.0 Å². The third kappa shape index (κ3) is 6.67. The molecule has 6 heteroatoms. The van der Waals surface area contributed by atoms with Gasteiger partial charge >= 0.3 is 0 Å². The van der Waals surface area contributed by atoms with Gasteiger partial charge < -0.3 is 5.01 Å². The van der Waals surface area contributed by atoms with E-state index in [9.17, 15) is 0 Å². The van der Waals surface area contributed by atoms with Gasteiger partial charge in [0.2, 0.25) is 0 Å². The number of hydrazine groups is 1. The average molecular weight is 367 g/mol. The van der Waals surface area contributed by atoms with Crippen LogP contribution in [0.1, 0.15) is 24.8 Å². The van der Waals surface area contributed by atoms with Gasteiger partial charge in [-0.1, -0.05) is 6.42 Å². The fraction of sp³-hybridized carbons (Fsp3) is 0.611. The molecule has 1 aromatic heterocycles. The largest absolute Gasteiger partial charge is 0.318 e. The second-order valence-corrected chi connectivity index (χ2v) is 7.85. The highest BCUT2D eigenvalue weighted by Gasteiger charge is 2.19. The Morgan fingerprint density at radius 1 is 1.54 bits per heavy atom. The molecule has 0 bridgehead atoms. The first-order valence-electron chi connectivity index (χ1n) is 8.62. The Morgan fingerprint density at radius 2 is 2.38 bits per heavy atom. The van der Waals surface area contributed by atoms with Gasteiger partial charge in [0.1, 0.15) is 0 Å². The van der Waals surface area contributed by atoms with Gasteiger partial charge in [-0.05, 0) is 55.7 Å². The molecule has 1 aromatic rings. The summed E-state index contributed by atoms with van der Waals surface area (Å²) < 4.78 is 0. The Balaban J connectivity index is 1.97.